The Labute approximate surface area is 263 Å². The number of nitrogens with zero attached hydrogens (tertiary/aromatic N) is 3. The van der Waals surface area contributed by atoms with Crippen molar-refractivity contribution in [1.29, 1.82) is 0 Å². The van der Waals surface area contributed by atoms with Gasteiger partial charge >= 0.3 is 12.3 Å². The molecular formula is C31H28F4N4O6S. The van der Waals surface area contributed by atoms with Crippen molar-refractivity contribution in [3.05, 3.63) is 59.1 Å². The second-order valence-corrected chi connectivity index (χ2v) is 12.8. The number of benzene rings is 2. The van der Waals surface area contributed by atoms with E-state index < -0.39 is 30.6 Å². The van der Waals surface area contributed by atoms with Crippen LogP contribution in [0.3, 0.4) is 0 Å². The predicted octanol–water partition coefficient (Wildman–Crippen LogP) is 6.40. The number of amides is 1. The van der Waals surface area contributed by atoms with E-state index in [0.29, 0.717) is 34.0 Å². The molecule has 2 saturated heterocycles. The number of aromatic nitrogens is 2. The molecule has 242 valence electrons. The molecule has 46 heavy (non-hydrogen) atoms. The van der Waals surface area contributed by atoms with Gasteiger partial charge in [-0.3, -0.25) is 9.59 Å². The number of alkyl halides is 3. The van der Waals surface area contributed by atoms with Crippen LogP contribution < -0.4 is 15.0 Å². The third kappa shape index (κ3) is 6.12. The molecule has 15 heteroatoms. The molecule has 1 amide bonds. The number of nitrogens with one attached hydrogen (secondary N) is 1. The number of hydrogen-bond acceptors (Lipinski definition) is 9. The lowest BCUT2D eigenvalue weighted by Crippen LogP contribution is -2.45. The number of carbonyl (C=O) groups is 2. The Morgan fingerprint density at radius 3 is 2.54 bits per heavy atom. The minimum Gasteiger partial charge on any atom is -0.480 e. The highest BCUT2D eigenvalue weighted by Gasteiger charge is 2.43. The van der Waals surface area contributed by atoms with E-state index in [4.69, 9.17) is 14.4 Å². The lowest BCUT2D eigenvalue weighted by Gasteiger charge is -2.38. The van der Waals surface area contributed by atoms with E-state index >= 15 is 0 Å². The van der Waals surface area contributed by atoms with Crippen molar-refractivity contribution in [3.8, 4) is 17.0 Å². The van der Waals surface area contributed by atoms with Crippen LogP contribution in [0.2, 0.25) is 0 Å². The first kappa shape index (κ1) is 30.4. The summed E-state index contributed by atoms with van der Waals surface area (Å²) in [5.41, 5.74) is 1.24. The molecule has 3 fully saturated rings. The quantitative estimate of drug-likeness (QED) is 0.186. The third-order valence-corrected chi connectivity index (χ3v) is 9.62. The summed E-state index contributed by atoms with van der Waals surface area (Å²) in [4.78, 5) is 29.9. The summed E-state index contributed by atoms with van der Waals surface area (Å²) in [5, 5.41) is 15.9. The smallest absolute Gasteiger partial charge is 0.480 e. The molecule has 1 saturated carbocycles. The van der Waals surface area contributed by atoms with Crippen molar-refractivity contribution in [1.82, 2.24) is 15.5 Å². The molecule has 1 unspecified atom stereocenters. The van der Waals surface area contributed by atoms with Gasteiger partial charge in [-0.2, -0.15) is 0 Å². The summed E-state index contributed by atoms with van der Waals surface area (Å²) in [6.45, 7) is -0.457. The maximum Gasteiger partial charge on any atom is 0.573 e. The van der Waals surface area contributed by atoms with E-state index in [1.807, 2.05) is 0 Å². The molecule has 7 rings (SSSR count). The number of rotatable bonds is 10. The number of aliphatic carboxylic acids is 1. The normalized spacial score (nSPS) is 21.1. The van der Waals surface area contributed by atoms with Crippen LogP contribution in [0.1, 0.15) is 66.1 Å². The van der Waals surface area contributed by atoms with Crippen molar-refractivity contribution in [2.24, 2.45) is 0 Å². The second-order valence-electron chi connectivity index (χ2n) is 11.8. The zero-order chi connectivity index (χ0) is 32.2. The first-order valence-electron chi connectivity index (χ1n) is 14.9. The van der Waals surface area contributed by atoms with Crippen molar-refractivity contribution in [3.63, 3.8) is 0 Å². The zero-order valence-corrected chi connectivity index (χ0v) is 25.0. The van der Waals surface area contributed by atoms with E-state index in [2.05, 4.69) is 25.1 Å². The molecule has 1 aliphatic carbocycles. The van der Waals surface area contributed by atoms with Crippen molar-refractivity contribution in [2.75, 3.05) is 11.4 Å². The molecule has 0 spiro atoms. The van der Waals surface area contributed by atoms with E-state index in [1.54, 1.807) is 6.07 Å². The first-order valence-corrected chi connectivity index (χ1v) is 15.7. The Bertz CT molecular complexity index is 1790. The Morgan fingerprint density at radius 2 is 1.85 bits per heavy atom. The minimum atomic E-state index is -4.86. The van der Waals surface area contributed by atoms with Gasteiger partial charge in [0.25, 0.3) is 5.91 Å². The Balaban J connectivity index is 1.07. The summed E-state index contributed by atoms with van der Waals surface area (Å²) in [5.74, 6) is -2.14. The zero-order valence-electron chi connectivity index (χ0n) is 24.2. The first-order chi connectivity index (χ1) is 22.0. The topological polar surface area (TPSA) is 127 Å². The van der Waals surface area contributed by atoms with Gasteiger partial charge in [-0.05, 0) is 62.8 Å². The van der Waals surface area contributed by atoms with Gasteiger partial charge in [0.1, 0.15) is 29.3 Å². The number of ether oxygens (including phenoxy) is 2. The standard InChI is InChI=1S/C31H28F4N4O6S/c32-22-9-16(29(42)36-13-25(40)41)10-24-27(22)37-30(46-24)39-17-7-8-18(39)12-19(11-17)43-14-21-26(38-45-28(21)15-5-6-15)20-3-1-2-4-23(20)44-31(33,34)35/h1-4,9-10,15,17-19H,5-8,11-14H2,(H,36,42)(H,40,41)/t17-,18+,19?. The molecular weight excluding hydrogens is 632 g/mol. The highest BCUT2D eigenvalue weighted by Crippen LogP contribution is 2.47. The van der Waals surface area contributed by atoms with Crippen LogP contribution in [0.4, 0.5) is 22.7 Å². The molecule has 4 aromatic rings. The van der Waals surface area contributed by atoms with E-state index in [9.17, 15) is 27.2 Å². The number of anilines is 1. The van der Waals surface area contributed by atoms with Crippen LogP contribution in [0.25, 0.3) is 21.5 Å². The van der Waals surface area contributed by atoms with Crippen LogP contribution in [-0.4, -0.2) is 58.2 Å². The van der Waals surface area contributed by atoms with Crippen LogP contribution in [0, 0.1) is 5.82 Å². The van der Waals surface area contributed by atoms with Crippen LogP contribution in [0.15, 0.2) is 40.9 Å². The van der Waals surface area contributed by atoms with Gasteiger partial charge in [-0.15, -0.1) is 13.2 Å². The third-order valence-electron chi connectivity index (χ3n) is 8.61. The molecule has 2 bridgehead atoms. The number of carbonyl (C=O) groups excluding carboxylic acids is 1. The van der Waals surface area contributed by atoms with Gasteiger partial charge in [0, 0.05) is 34.7 Å². The molecule has 3 atom stereocenters. The predicted molar refractivity (Wildman–Crippen MR) is 157 cm³/mol. The van der Waals surface area contributed by atoms with Crippen LogP contribution in [-0.2, 0) is 16.1 Å². The number of fused-ring (bicyclic) bond motifs is 3. The Hall–Kier alpha value is -4.24. The average molecular weight is 661 g/mol. The molecule has 2 aliphatic heterocycles. The number of carboxylic acids is 1. The minimum absolute atomic E-state index is 0.0165. The highest BCUT2D eigenvalue weighted by atomic mass is 32.1. The fraction of sp³-hybridized carbons (Fsp3) is 0.419. The van der Waals surface area contributed by atoms with Crippen molar-refractivity contribution in [2.45, 2.75) is 75.6 Å². The summed E-state index contributed by atoms with van der Waals surface area (Å²) >= 11 is 1.28. The van der Waals surface area contributed by atoms with Crippen LogP contribution in [0.5, 0.6) is 5.75 Å². The fourth-order valence-corrected chi connectivity index (χ4v) is 7.63. The summed E-state index contributed by atoms with van der Waals surface area (Å²) < 4.78 is 71.2. The number of para-hydroxylation sites is 1. The largest absolute Gasteiger partial charge is 0.573 e. The number of piperidine rings is 1. The van der Waals surface area contributed by atoms with E-state index in [1.165, 1.54) is 35.6 Å². The molecule has 10 nitrogen and oxygen atoms in total. The van der Waals surface area contributed by atoms with Crippen molar-refractivity contribution < 1.29 is 46.3 Å². The molecule has 2 aromatic heterocycles. The second kappa shape index (κ2) is 11.8. The van der Waals surface area contributed by atoms with Gasteiger partial charge in [0.05, 0.1) is 17.4 Å². The number of halogens is 4. The van der Waals surface area contributed by atoms with Crippen molar-refractivity contribution >= 4 is 38.6 Å². The van der Waals surface area contributed by atoms with Crippen LogP contribution >= 0.6 is 11.3 Å². The Morgan fingerprint density at radius 1 is 1.11 bits per heavy atom. The average Bonchev–Trinajstić information content (AvgIpc) is 3.51. The number of carboxylic acid groups (broad SMARTS) is 1. The van der Waals surface area contributed by atoms with Gasteiger partial charge in [-0.25, -0.2) is 9.37 Å². The monoisotopic (exact) mass is 660 g/mol. The Kier molecular flexibility index (Phi) is 7.83. The summed E-state index contributed by atoms with van der Waals surface area (Å²) in [6.07, 6.45) is -0.0720. The maximum absolute atomic E-state index is 15.0. The summed E-state index contributed by atoms with van der Waals surface area (Å²) in [6, 6.07) is 8.57. The summed E-state index contributed by atoms with van der Waals surface area (Å²) in [7, 11) is 0. The molecule has 3 aliphatic rings. The lowest BCUT2D eigenvalue weighted by atomic mass is 10.00. The van der Waals surface area contributed by atoms with E-state index in [0.717, 1.165) is 31.7 Å². The van der Waals surface area contributed by atoms with Gasteiger partial charge in [0.2, 0.25) is 0 Å². The lowest BCUT2D eigenvalue weighted by molar-refractivity contribution is -0.274. The van der Waals surface area contributed by atoms with Gasteiger partial charge in [0.15, 0.2) is 10.9 Å². The van der Waals surface area contributed by atoms with Gasteiger partial charge < -0.3 is 29.3 Å². The highest BCUT2D eigenvalue weighted by molar-refractivity contribution is 7.22. The maximum atomic E-state index is 15.0. The SMILES string of the molecule is O=C(O)CNC(=O)c1cc(F)c2nc(N3[C@@H]4CC[C@H]3CC(OCc3c(-c5ccccc5OC(F)(F)F)noc3C3CC3)C4)sc2c1. The molecule has 0 radical (unpaired) electrons. The number of thiazole rings is 1. The number of hydrogen-bond donors (Lipinski definition) is 2. The molecule has 2 aromatic carbocycles. The van der Waals surface area contributed by atoms with Gasteiger partial charge in [-0.1, -0.05) is 28.6 Å². The molecule has 2 N–H and O–H groups in total. The molecule has 4 heterocycles. The van der Waals surface area contributed by atoms with E-state index in [-0.39, 0.29) is 58.8 Å². The fourth-order valence-electron chi connectivity index (χ4n) is 6.47.